The van der Waals surface area contributed by atoms with Crippen LogP contribution in [0.25, 0.3) is 0 Å². The van der Waals surface area contributed by atoms with Gasteiger partial charge in [-0.1, -0.05) is 0 Å². The number of nitrogens with zero attached hydrogens (tertiary/aromatic N) is 4. The number of piperazine rings is 1. The highest BCUT2D eigenvalue weighted by atomic mass is 16.7. The summed E-state index contributed by atoms with van der Waals surface area (Å²) < 4.78 is 0. The van der Waals surface area contributed by atoms with Crippen molar-refractivity contribution in [3.05, 3.63) is 0 Å². The molecule has 0 aromatic heterocycles. The van der Waals surface area contributed by atoms with Gasteiger partial charge in [0.25, 0.3) is 0 Å². The molecule has 0 aromatic rings. The van der Waals surface area contributed by atoms with Crippen LogP contribution in [0, 0.1) is 0 Å². The lowest BCUT2D eigenvalue weighted by atomic mass is 9.96. The van der Waals surface area contributed by atoms with E-state index in [9.17, 15) is 0 Å². The molecular weight excluding hydrogens is 280 g/mol. The van der Waals surface area contributed by atoms with Gasteiger partial charge in [-0.15, -0.1) is 5.16 Å². The van der Waals surface area contributed by atoms with E-state index < -0.39 is 0 Å². The van der Waals surface area contributed by atoms with E-state index in [-0.39, 0.29) is 6.04 Å². The first-order chi connectivity index (χ1) is 10.8. The molecule has 1 N–H and O–H groups in total. The molecule has 4 saturated heterocycles. The summed E-state index contributed by atoms with van der Waals surface area (Å²) in [5.41, 5.74) is 0. The molecule has 0 radical (unpaired) electrons. The molecule has 22 heavy (non-hydrogen) atoms. The van der Waals surface area contributed by atoms with Gasteiger partial charge >= 0.3 is 0 Å². The third-order valence-corrected chi connectivity index (χ3v) is 5.98. The maximum absolute atomic E-state index is 8.81. The van der Waals surface area contributed by atoms with Crippen LogP contribution in [0.4, 0.5) is 0 Å². The number of hydrogen-bond acceptors (Lipinski definition) is 6. The zero-order valence-electron chi connectivity index (χ0n) is 13.5. The van der Waals surface area contributed by atoms with Crippen molar-refractivity contribution < 1.29 is 10.0 Å². The summed E-state index contributed by atoms with van der Waals surface area (Å²) in [6, 6.07) is 2.06. The molecule has 4 rings (SSSR count). The first-order valence-electron chi connectivity index (χ1n) is 8.87. The van der Waals surface area contributed by atoms with E-state index in [2.05, 4.69) is 26.9 Å². The van der Waals surface area contributed by atoms with E-state index in [0.717, 1.165) is 32.5 Å². The Hall–Kier alpha value is -0.690. The first kappa shape index (κ1) is 14.9. The van der Waals surface area contributed by atoms with E-state index in [0.29, 0.717) is 24.2 Å². The van der Waals surface area contributed by atoms with Crippen LogP contribution in [0.3, 0.4) is 0 Å². The second-order valence-electron chi connectivity index (χ2n) is 7.41. The molecular formula is C16H28N4O2. The first-order valence-corrected chi connectivity index (χ1v) is 8.87. The average molecular weight is 308 g/mol. The normalized spacial score (nSPS) is 44.0. The Balaban J connectivity index is 1.41. The minimum Gasteiger partial charge on any atom is -0.411 e. The number of hydrogen-bond donors (Lipinski definition) is 1. The molecule has 6 nitrogen and oxygen atoms in total. The lowest BCUT2D eigenvalue weighted by molar-refractivity contribution is -0.214. The van der Waals surface area contributed by atoms with Gasteiger partial charge in [-0.25, -0.2) is 0 Å². The van der Waals surface area contributed by atoms with E-state index in [4.69, 9.17) is 10.0 Å². The van der Waals surface area contributed by atoms with Crippen LogP contribution in [0.5, 0.6) is 0 Å². The lowest BCUT2D eigenvalue weighted by Gasteiger charge is -2.43. The molecule has 0 aliphatic carbocycles. The molecule has 4 fully saturated rings. The second kappa shape index (κ2) is 6.07. The predicted octanol–water partition coefficient (Wildman–Crippen LogP) is 1.15. The molecule has 0 bridgehead atoms. The molecule has 0 saturated carbocycles. The van der Waals surface area contributed by atoms with Gasteiger partial charge in [-0.3, -0.25) is 14.6 Å². The topological polar surface area (TPSA) is 51.5 Å². The van der Waals surface area contributed by atoms with Crippen LogP contribution in [-0.2, 0) is 4.84 Å². The van der Waals surface area contributed by atoms with Gasteiger partial charge in [0.1, 0.15) is 0 Å². The third kappa shape index (κ3) is 2.56. The zero-order chi connectivity index (χ0) is 15.1. The Bertz CT molecular complexity index is 432. The summed E-state index contributed by atoms with van der Waals surface area (Å²) in [6.45, 7) is 6.76. The molecule has 4 unspecified atom stereocenters. The molecule has 4 aliphatic heterocycles. The largest absolute Gasteiger partial charge is 0.411 e. The van der Waals surface area contributed by atoms with Crippen LogP contribution < -0.4 is 0 Å². The molecule has 0 spiro atoms. The Morgan fingerprint density at radius 3 is 2.95 bits per heavy atom. The van der Waals surface area contributed by atoms with Gasteiger partial charge in [0.2, 0.25) is 0 Å². The van der Waals surface area contributed by atoms with E-state index in [1.165, 1.54) is 25.8 Å². The fourth-order valence-corrected chi connectivity index (χ4v) is 5.05. The molecule has 4 aliphatic rings. The van der Waals surface area contributed by atoms with E-state index in [1.807, 2.05) is 0 Å². The summed E-state index contributed by atoms with van der Waals surface area (Å²) in [6.07, 6.45) is 8.06. The quantitative estimate of drug-likeness (QED) is 0.481. The van der Waals surface area contributed by atoms with Gasteiger partial charge < -0.3 is 5.21 Å². The van der Waals surface area contributed by atoms with E-state index >= 15 is 0 Å². The van der Waals surface area contributed by atoms with Crippen molar-refractivity contribution in [1.29, 1.82) is 0 Å². The van der Waals surface area contributed by atoms with Gasteiger partial charge in [0, 0.05) is 31.2 Å². The fourth-order valence-electron chi connectivity index (χ4n) is 5.05. The van der Waals surface area contributed by atoms with Crippen LogP contribution in [0.2, 0.25) is 0 Å². The van der Waals surface area contributed by atoms with Crippen molar-refractivity contribution in [2.75, 3.05) is 26.2 Å². The third-order valence-electron chi connectivity index (χ3n) is 5.98. The number of likely N-dealkylation sites (tertiary alicyclic amines) is 1. The monoisotopic (exact) mass is 308 g/mol. The Morgan fingerprint density at radius 2 is 2.09 bits per heavy atom. The zero-order valence-corrected chi connectivity index (χ0v) is 13.5. The van der Waals surface area contributed by atoms with Crippen molar-refractivity contribution >= 4 is 6.21 Å². The maximum Gasteiger partial charge on any atom is 0.0936 e. The minimum absolute atomic E-state index is 0.284. The highest BCUT2D eigenvalue weighted by Gasteiger charge is 2.48. The van der Waals surface area contributed by atoms with Gasteiger partial charge in [0.05, 0.1) is 18.4 Å². The second-order valence-corrected chi connectivity index (χ2v) is 7.41. The molecule has 5 atom stereocenters. The van der Waals surface area contributed by atoms with Crippen LogP contribution >= 0.6 is 0 Å². The van der Waals surface area contributed by atoms with Gasteiger partial charge in [-0.2, -0.15) is 5.06 Å². The molecule has 6 heteroatoms. The number of oxime groups is 1. The highest BCUT2D eigenvalue weighted by Crippen LogP contribution is 2.37. The summed E-state index contributed by atoms with van der Waals surface area (Å²) in [4.78, 5) is 11.4. The van der Waals surface area contributed by atoms with Crippen molar-refractivity contribution in [3.63, 3.8) is 0 Å². The minimum atomic E-state index is 0.284. The Kier molecular flexibility index (Phi) is 4.11. The average Bonchev–Trinajstić information content (AvgIpc) is 3.19. The van der Waals surface area contributed by atoms with Crippen molar-refractivity contribution in [3.8, 4) is 0 Å². The van der Waals surface area contributed by atoms with Crippen LogP contribution in [-0.4, -0.2) is 82.7 Å². The molecule has 0 aromatic carbocycles. The standard InChI is InChI=1S/C16H28N4O2/c1-12-10-19-7-3-5-15(19)16-8-14(22-20(12)16)11-18-6-2-4-13(18)9-17-21/h9,12-16,21H,2-8,10-11H2,1H3/t12?,13?,14?,15-,16?/m0/s1. The summed E-state index contributed by atoms with van der Waals surface area (Å²) in [5, 5.41) is 14.4. The SMILES string of the molecule is CC1CN2CCC[C@H]2C2CC(CN3CCCC3C=NO)ON12. The molecule has 0 amide bonds. The predicted molar refractivity (Wildman–Crippen MR) is 84.0 cm³/mol. The van der Waals surface area contributed by atoms with Crippen molar-refractivity contribution in [2.45, 2.75) is 69.3 Å². The summed E-state index contributed by atoms with van der Waals surface area (Å²) in [7, 11) is 0. The van der Waals surface area contributed by atoms with Crippen molar-refractivity contribution in [2.24, 2.45) is 5.16 Å². The van der Waals surface area contributed by atoms with Crippen LogP contribution in [0.15, 0.2) is 5.16 Å². The van der Waals surface area contributed by atoms with Gasteiger partial charge in [-0.05, 0) is 52.1 Å². The summed E-state index contributed by atoms with van der Waals surface area (Å²) in [5.74, 6) is 0. The smallest absolute Gasteiger partial charge is 0.0936 e. The number of rotatable bonds is 3. The Morgan fingerprint density at radius 1 is 1.23 bits per heavy atom. The molecule has 124 valence electrons. The Labute approximate surface area is 132 Å². The lowest BCUT2D eigenvalue weighted by Crippen LogP contribution is -2.58. The maximum atomic E-state index is 8.81. The number of hydroxylamine groups is 2. The highest BCUT2D eigenvalue weighted by molar-refractivity contribution is 5.64. The molecule has 4 heterocycles. The van der Waals surface area contributed by atoms with Gasteiger partial charge in [0.15, 0.2) is 0 Å². The number of fused-ring (bicyclic) bond motifs is 3. The van der Waals surface area contributed by atoms with Crippen molar-refractivity contribution in [1.82, 2.24) is 14.9 Å². The fraction of sp³-hybridized carbons (Fsp3) is 0.938. The van der Waals surface area contributed by atoms with E-state index in [1.54, 1.807) is 6.21 Å². The van der Waals surface area contributed by atoms with Crippen LogP contribution in [0.1, 0.15) is 39.0 Å². The summed E-state index contributed by atoms with van der Waals surface area (Å²) >= 11 is 0.